The molecule has 0 aliphatic rings. The van der Waals surface area contributed by atoms with Crippen molar-refractivity contribution in [2.75, 3.05) is 6.61 Å². The molecule has 124 valence electrons. The zero-order valence-corrected chi connectivity index (χ0v) is 13.0. The summed E-state index contributed by atoms with van der Waals surface area (Å²) in [5, 5.41) is 0. The van der Waals surface area contributed by atoms with Crippen LogP contribution in [0.1, 0.15) is 18.9 Å². The Labute approximate surface area is 127 Å². The van der Waals surface area contributed by atoms with Crippen molar-refractivity contribution >= 4 is 16.0 Å². The standard InChI is InChI=1S/C13H18F2N2O4S/c1-3-21-12(18)8-10(13(14)15)17(16)22(19,20)11-7-5-4-6-9(11)2/h4-7,10,13H,3,8,16H2,1-2H3. The minimum Gasteiger partial charge on any atom is -0.466 e. The van der Waals surface area contributed by atoms with Gasteiger partial charge in [0.1, 0.15) is 6.04 Å². The van der Waals surface area contributed by atoms with Crippen LogP contribution in [0.15, 0.2) is 29.2 Å². The number of sulfonamides is 1. The number of hydrogen-bond donors (Lipinski definition) is 1. The van der Waals surface area contributed by atoms with E-state index in [0.29, 0.717) is 5.56 Å². The number of carbonyl (C=O) groups is 1. The number of halogens is 2. The normalized spacial score (nSPS) is 13.4. The molecule has 1 rings (SSSR count). The minimum atomic E-state index is -4.35. The van der Waals surface area contributed by atoms with E-state index in [-0.39, 0.29) is 15.9 Å². The molecule has 1 atom stereocenters. The highest BCUT2D eigenvalue weighted by Gasteiger charge is 2.37. The first-order chi connectivity index (χ1) is 10.2. The van der Waals surface area contributed by atoms with E-state index in [1.165, 1.54) is 32.0 Å². The summed E-state index contributed by atoms with van der Waals surface area (Å²) >= 11 is 0. The van der Waals surface area contributed by atoms with Gasteiger partial charge in [0, 0.05) is 0 Å². The Bertz CT molecular complexity index is 622. The summed E-state index contributed by atoms with van der Waals surface area (Å²) in [6.07, 6.45) is -3.96. The second kappa shape index (κ2) is 7.61. The number of carbonyl (C=O) groups excluding carboxylic acids is 1. The molecule has 0 radical (unpaired) electrons. The van der Waals surface area contributed by atoms with Crippen molar-refractivity contribution in [3.63, 3.8) is 0 Å². The van der Waals surface area contributed by atoms with Gasteiger partial charge in [-0.3, -0.25) is 10.6 Å². The summed E-state index contributed by atoms with van der Waals surface area (Å²) in [4.78, 5) is 11.2. The van der Waals surface area contributed by atoms with E-state index >= 15 is 0 Å². The van der Waals surface area contributed by atoms with E-state index in [4.69, 9.17) is 5.84 Å². The van der Waals surface area contributed by atoms with Gasteiger partial charge in [0.15, 0.2) is 0 Å². The van der Waals surface area contributed by atoms with Crippen LogP contribution in [0.4, 0.5) is 8.78 Å². The molecule has 0 aliphatic heterocycles. The first kappa shape index (κ1) is 18.5. The quantitative estimate of drug-likeness (QED) is 0.462. The number of nitrogens with two attached hydrogens (primary N) is 1. The highest BCUT2D eigenvalue weighted by atomic mass is 32.2. The third kappa shape index (κ3) is 4.21. The van der Waals surface area contributed by atoms with Gasteiger partial charge in [0.25, 0.3) is 16.4 Å². The maximum absolute atomic E-state index is 13.1. The third-order valence-corrected chi connectivity index (χ3v) is 4.79. The maximum atomic E-state index is 13.1. The summed E-state index contributed by atoms with van der Waals surface area (Å²) in [6.45, 7) is 3.03. The third-order valence-electron chi connectivity index (χ3n) is 2.95. The lowest BCUT2D eigenvalue weighted by atomic mass is 10.2. The molecule has 0 heterocycles. The first-order valence-electron chi connectivity index (χ1n) is 6.50. The van der Waals surface area contributed by atoms with Crippen molar-refractivity contribution in [1.82, 2.24) is 4.41 Å². The lowest BCUT2D eigenvalue weighted by Crippen LogP contribution is -2.50. The van der Waals surface area contributed by atoms with Gasteiger partial charge in [-0.05, 0) is 25.5 Å². The fraction of sp³-hybridized carbons (Fsp3) is 0.462. The van der Waals surface area contributed by atoms with Gasteiger partial charge in [-0.15, -0.1) is 4.41 Å². The number of nitrogens with zero attached hydrogens (tertiary/aromatic N) is 1. The lowest BCUT2D eigenvalue weighted by molar-refractivity contribution is -0.145. The largest absolute Gasteiger partial charge is 0.466 e. The van der Waals surface area contributed by atoms with Crippen LogP contribution < -0.4 is 5.84 Å². The topological polar surface area (TPSA) is 89.7 Å². The summed E-state index contributed by atoms with van der Waals surface area (Å²) in [7, 11) is -4.35. The Morgan fingerprint density at radius 1 is 1.36 bits per heavy atom. The second-order valence-corrected chi connectivity index (χ2v) is 6.32. The van der Waals surface area contributed by atoms with Crippen molar-refractivity contribution in [2.45, 2.75) is 37.6 Å². The molecule has 1 unspecified atom stereocenters. The highest BCUT2D eigenvalue weighted by molar-refractivity contribution is 7.89. The van der Waals surface area contributed by atoms with Gasteiger partial charge in [-0.2, -0.15) is 0 Å². The Balaban J connectivity index is 3.10. The van der Waals surface area contributed by atoms with Gasteiger partial charge < -0.3 is 4.74 Å². The smallest absolute Gasteiger partial charge is 0.307 e. The van der Waals surface area contributed by atoms with E-state index in [1.807, 2.05) is 0 Å². The van der Waals surface area contributed by atoms with Crippen LogP contribution in [-0.4, -0.2) is 37.9 Å². The predicted octanol–water partition coefficient (Wildman–Crippen LogP) is 1.45. The van der Waals surface area contributed by atoms with E-state index in [0.717, 1.165) is 0 Å². The number of hydrogen-bond acceptors (Lipinski definition) is 5. The molecule has 0 spiro atoms. The Morgan fingerprint density at radius 2 is 1.95 bits per heavy atom. The zero-order valence-electron chi connectivity index (χ0n) is 12.2. The zero-order chi connectivity index (χ0) is 16.9. The molecule has 22 heavy (non-hydrogen) atoms. The average molecular weight is 336 g/mol. The summed E-state index contributed by atoms with van der Waals surface area (Å²) in [6, 6.07) is 3.85. The molecule has 0 aromatic heterocycles. The molecular formula is C13H18F2N2O4S. The molecule has 1 aromatic rings. The molecule has 0 saturated heterocycles. The van der Waals surface area contributed by atoms with E-state index < -0.39 is 34.9 Å². The van der Waals surface area contributed by atoms with Crippen LogP contribution in [0, 0.1) is 6.92 Å². The van der Waals surface area contributed by atoms with Crippen molar-refractivity contribution in [3.8, 4) is 0 Å². The number of aryl methyl sites for hydroxylation is 1. The highest BCUT2D eigenvalue weighted by Crippen LogP contribution is 2.22. The van der Waals surface area contributed by atoms with Gasteiger partial charge in [0.2, 0.25) is 0 Å². The first-order valence-corrected chi connectivity index (χ1v) is 7.94. The SMILES string of the molecule is CCOC(=O)CC(C(F)F)N(N)S(=O)(=O)c1ccccc1C. The molecule has 0 saturated carbocycles. The molecule has 0 aliphatic carbocycles. The fourth-order valence-electron chi connectivity index (χ4n) is 1.82. The molecular weight excluding hydrogens is 318 g/mol. The fourth-order valence-corrected chi connectivity index (χ4v) is 3.29. The predicted molar refractivity (Wildman–Crippen MR) is 75.4 cm³/mol. The minimum absolute atomic E-state index is 0.00388. The van der Waals surface area contributed by atoms with E-state index in [2.05, 4.69) is 4.74 Å². The van der Waals surface area contributed by atoms with Gasteiger partial charge >= 0.3 is 5.97 Å². The van der Waals surface area contributed by atoms with Crippen molar-refractivity contribution in [2.24, 2.45) is 5.84 Å². The van der Waals surface area contributed by atoms with Crippen LogP contribution in [0.25, 0.3) is 0 Å². The van der Waals surface area contributed by atoms with Crippen molar-refractivity contribution in [3.05, 3.63) is 29.8 Å². The Hall–Kier alpha value is -1.58. The summed E-state index contributed by atoms with van der Waals surface area (Å²) < 4.78 is 55.5. The van der Waals surface area contributed by atoms with Crippen LogP contribution in [0.2, 0.25) is 0 Å². The van der Waals surface area contributed by atoms with Gasteiger partial charge in [-0.25, -0.2) is 17.2 Å². The number of benzene rings is 1. The van der Waals surface area contributed by atoms with Crippen molar-refractivity contribution < 1.29 is 26.7 Å². The molecule has 2 N–H and O–H groups in total. The lowest BCUT2D eigenvalue weighted by Gasteiger charge is -2.26. The van der Waals surface area contributed by atoms with Crippen LogP contribution >= 0.6 is 0 Å². The number of ether oxygens (including phenoxy) is 1. The number of alkyl halides is 2. The number of hydrazine groups is 1. The molecule has 1 aromatic carbocycles. The molecule has 0 bridgehead atoms. The Kier molecular flexibility index (Phi) is 6.39. The van der Waals surface area contributed by atoms with E-state index in [1.54, 1.807) is 6.07 Å². The van der Waals surface area contributed by atoms with Crippen LogP contribution in [0.5, 0.6) is 0 Å². The van der Waals surface area contributed by atoms with Gasteiger partial charge in [-0.1, -0.05) is 18.2 Å². The molecule has 9 heteroatoms. The van der Waals surface area contributed by atoms with E-state index in [9.17, 15) is 22.0 Å². The summed E-state index contributed by atoms with van der Waals surface area (Å²) in [5.74, 6) is 4.46. The molecule has 0 amide bonds. The Morgan fingerprint density at radius 3 is 2.45 bits per heavy atom. The van der Waals surface area contributed by atoms with Gasteiger partial charge in [0.05, 0.1) is 17.9 Å². The van der Waals surface area contributed by atoms with Crippen LogP contribution in [-0.2, 0) is 19.6 Å². The average Bonchev–Trinajstić information content (AvgIpc) is 2.44. The monoisotopic (exact) mass is 336 g/mol. The maximum Gasteiger partial charge on any atom is 0.307 e. The molecule has 0 fully saturated rings. The number of esters is 1. The molecule has 6 nitrogen and oxygen atoms in total. The number of rotatable bonds is 7. The second-order valence-electron chi connectivity index (χ2n) is 4.51. The summed E-state index contributed by atoms with van der Waals surface area (Å²) in [5.41, 5.74) is 0.363. The van der Waals surface area contributed by atoms with Crippen LogP contribution in [0.3, 0.4) is 0 Å². The van der Waals surface area contributed by atoms with Crippen molar-refractivity contribution in [1.29, 1.82) is 0 Å².